The molecule has 0 unspecified atom stereocenters. The topological polar surface area (TPSA) is 169 Å². The summed E-state index contributed by atoms with van der Waals surface area (Å²) < 4.78 is 39.6. The van der Waals surface area contributed by atoms with Gasteiger partial charge in [-0.05, 0) is 48.9 Å². The van der Waals surface area contributed by atoms with Gasteiger partial charge in [0.15, 0.2) is 0 Å². The molecule has 14 heteroatoms. The minimum atomic E-state index is -4.53. The van der Waals surface area contributed by atoms with Gasteiger partial charge in [0.05, 0.1) is 29.7 Å². The molecular formula is C30H26ClN6NaO5S. The van der Waals surface area contributed by atoms with E-state index in [4.69, 9.17) is 22.1 Å². The molecule has 0 radical (unpaired) electrons. The second-order valence-electron chi connectivity index (χ2n) is 9.23. The molecule has 0 bridgehead atoms. The first-order valence-electron chi connectivity index (χ1n) is 13.0. The molecule has 0 fully saturated rings. The number of ether oxygens (including phenoxy) is 1. The van der Waals surface area contributed by atoms with Crippen molar-refractivity contribution in [2.75, 3.05) is 18.9 Å². The Morgan fingerprint density at radius 1 is 0.977 bits per heavy atom. The average Bonchev–Trinajstić information content (AvgIpc) is 3.01. The number of hydrogen-bond acceptors (Lipinski definition) is 9. The summed E-state index contributed by atoms with van der Waals surface area (Å²) in [4.78, 5) is 20.4. The normalized spacial score (nSPS) is 11.3. The van der Waals surface area contributed by atoms with Gasteiger partial charge < -0.3 is 15.8 Å². The van der Waals surface area contributed by atoms with Crippen molar-refractivity contribution in [1.82, 2.24) is 15.3 Å². The van der Waals surface area contributed by atoms with Gasteiger partial charge in [-0.2, -0.15) is 8.42 Å². The summed E-state index contributed by atoms with van der Waals surface area (Å²) in [5, 5.41) is 12.0. The molecule has 0 spiro atoms. The molecule has 2 aromatic heterocycles. The van der Waals surface area contributed by atoms with Crippen molar-refractivity contribution in [3.8, 4) is 17.0 Å². The Hall–Kier alpha value is -3.91. The van der Waals surface area contributed by atoms with Crippen LogP contribution in [0.5, 0.6) is 5.75 Å². The fourth-order valence-electron chi connectivity index (χ4n) is 4.27. The van der Waals surface area contributed by atoms with Crippen molar-refractivity contribution in [2.24, 2.45) is 10.2 Å². The molecule has 0 aliphatic carbocycles. The maximum absolute atomic E-state index is 12.3. The Balaban J connectivity index is 0.00000442. The van der Waals surface area contributed by atoms with Crippen molar-refractivity contribution < 1.29 is 22.5 Å². The van der Waals surface area contributed by atoms with Gasteiger partial charge >= 0.3 is 29.6 Å². The predicted octanol–water partition coefficient (Wildman–Crippen LogP) is 5.74. The number of nitrogen functional groups attached to an aromatic ring is 1. The number of pyridine rings is 2. The van der Waals surface area contributed by atoms with Crippen LogP contribution in [0.3, 0.4) is 0 Å². The van der Waals surface area contributed by atoms with Crippen LogP contribution in [-0.4, -0.2) is 71.6 Å². The van der Waals surface area contributed by atoms with E-state index in [-0.39, 0.29) is 62.3 Å². The SMILES string of the molecule is Nc1c(/N=N/c2ccc(-c3ccccc3OCCCNC(=O)c3cccnc3Cl)nc2)cc(S(=O)(=O)O)c2ccccc12.[NaH]. The monoisotopic (exact) mass is 640 g/mol. The second kappa shape index (κ2) is 14.7. The number of benzene rings is 3. The summed E-state index contributed by atoms with van der Waals surface area (Å²) >= 11 is 5.97. The minimum absolute atomic E-state index is 0. The van der Waals surface area contributed by atoms with E-state index in [0.29, 0.717) is 47.7 Å². The maximum atomic E-state index is 12.3. The fourth-order valence-corrected chi connectivity index (χ4v) is 5.20. The van der Waals surface area contributed by atoms with E-state index >= 15 is 0 Å². The first-order valence-corrected chi connectivity index (χ1v) is 14.8. The van der Waals surface area contributed by atoms with Crippen molar-refractivity contribution >= 4 is 85.0 Å². The second-order valence-corrected chi connectivity index (χ2v) is 11.0. The number of carbonyl (C=O) groups is 1. The number of anilines is 1. The van der Waals surface area contributed by atoms with Gasteiger partial charge in [-0.1, -0.05) is 48.0 Å². The molecule has 0 aliphatic rings. The number of nitrogens with one attached hydrogen (secondary N) is 1. The molecule has 2 heterocycles. The predicted molar refractivity (Wildman–Crippen MR) is 171 cm³/mol. The van der Waals surface area contributed by atoms with Crippen LogP contribution in [0.25, 0.3) is 22.0 Å². The average molecular weight is 641 g/mol. The first-order chi connectivity index (χ1) is 20.7. The van der Waals surface area contributed by atoms with E-state index in [0.717, 1.165) is 5.56 Å². The number of carbonyl (C=O) groups excluding carboxylic acids is 1. The number of rotatable bonds is 10. The number of azo groups is 1. The Labute approximate surface area is 280 Å². The summed E-state index contributed by atoms with van der Waals surface area (Å²) in [6.07, 6.45) is 3.58. The number of aromatic nitrogens is 2. The van der Waals surface area contributed by atoms with Crippen LogP contribution in [0.4, 0.5) is 17.1 Å². The zero-order chi connectivity index (χ0) is 30.4. The molecule has 44 heavy (non-hydrogen) atoms. The molecular weight excluding hydrogens is 615 g/mol. The summed E-state index contributed by atoms with van der Waals surface area (Å²) in [6, 6.07) is 21.9. The molecule has 0 atom stereocenters. The van der Waals surface area contributed by atoms with Gasteiger partial charge in [-0.3, -0.25) is 14.3 Å². The van der Waals surface area contributed by atoms with E-state index in [9.17, 15) is 17.8 Å². The molecule has 5 aromatic rings. The third kappa shape index (κ3) is 7.78. The van der Waals surface area contributed by atoms with E-state index in [1.54, 1.807) is 48.5 Å². The number of nitrogens with zero attached hydrogens (tertiary/aromatic N) is 4. The molecule has 4 N–H and O–H groups in total. The van der Waals surface area contributed by atoms with Crippen LogP contribution < -0.4 is 15.8 Å². The van der Waals surface area contributed by atoms with Crippen molar-refractivity contribution in [3.63, 3.8) is 0 Å². The zero-order valence-electron chi connectivity index (χ0n) is 22.5. The number of amides is 1. The third-order valence-corrected chi connectivity index (χ3v) is 7.55. The summed E-state index contributed by atoms with van der Waals surface area (Å²) in [6.45, 7) is 0.737. The molecule has 5 rings (SSSR count). The van der Waals surface area contributed by atoms with E-state index in [1.165, 1.54) is 18.5 Å². The van der Waals surface area contributed by atoms with Crippen molar-refractivity contribution in [3.05, 3.63) is 102 Å². The standard InChI is InChI=1S/C30H25ClN6O5S.Na.H/c31-29-23(10-5-14-33-29)30(38)34-15-6-16-42-26-11-4-3-9-22(26)24-13-12-19(18-35-24)36-37-25-17-27(43(39,40)41)20-7-1-2-8-21(20)28(25)32;;/h1-5,7-14,17-18H,6,15-16,32H2,(H,34,38)(H,39,40,41);;/b37-36+;;. The van der Waals surface area contributed by atoms with Gasteiger partial charge in [-0.15, -0.1) is 10.2 Å². The summed E-state index contributed by atoms with van der Waals surface area (Å²) in [7, 11) is -4.53. The quantitative estimate of drug-likeness (QED) is 0.0433. The number of para-hydroxylation sites is 1. The Bertz CT molecular complexity index is 1940. The van der Waals surface area contributed by atoms with Gasteiger partial charge in [0.25, 0.3) is 16.0 Å². The van der Waals surface area contributed by atoms with E-state index in [1.807, 2.05) is 24.3 Å². The van der Waals surface area contributed by atoms with Crippen LogP contribution in [0.1, 0.15) is 16.8 Å². The summed E-state index contributed by atoms with van der Waals surface area (Å²) in [5.41, 5.74) is 8.65. The van der Waals surface area contributed by atoms with Gasteiger partial charge in [0.1, 0.15) is 27.2 Å². The molecule has 11 nitrogen and oxygen atoms in total. The molecule has 0 saturated heterocycles. The van der Waals surface area contributed by atoms with Crippen LogP contribution in [0.15, 0.2) is 106 Å². The van der Waals surface area contributed by atoms with Crippen LogP contribution in [0.2, 0.25) is 5.15 Å². The molecule has 220 valence electrons. The van der Waals surface area contributed by atoms with Crippen LogP contribution >= 0.6 is 11.6 Å². The number of fused-ring (bicyclic) bond motifs is 1. The van der Waals surface area contributed by atoms with Crippen LogP contribution in [0, 0.1) is 0 Å². The van der Waals surface area contributed by atoms with Gasteiger partial charge in [-0.25, -0.2) is 4.98 Å². The number of nitrogens with two attached hydrogens (primary N) is 1. The fraction of sp³-hybridized carbons (Fsp3) is 0.100. The van der Waals surface area contributed by atoms with Crippen molar-refractivity contribution in [2.45, 2.75) is 11.3 Å². The van der Waals surface area contributed by atoms with E-state index in [2.05, 4.69) is 25.5 Å². The Kier molecular flexibility index (Phi) is 11.0. The third-order valence-electron chi connectivity index (χ3n) is 6.36. The summed E-state index contributed by atoms with van der Waals surface area (Å²) in [5.74, 6) is 0.315. The zero-order valence-corrected chi connectivity index (χ0v) is 24.1. The van der Waals surface area contributed by atoms with Gasteiger partial charge in [0.2, 0.25) is 0 Å². The molecule has 1 amide bonds. The molecule has 3 aromatic carbocycles. The number of halogens is 1. The van der Waals surface area contributed by atoms with Crippen molar-refractivity contribution in [1.29, 1.82) is 0 Å². The Morgan fingerprint density at radius 3 is 2.45 bits per heavy atom. The first kappa shape index (κ1) is 33.0. The molecule has 0 saturated carbocycles. The molecule has 0 aliphatic heterocycles. The number of hydrogen-bond donors (Lipinski definition) is 3. The van der Waals surface area contributed by atoms with Gasteiger partial charge in [0, 0.05) is 29.1 Å². The van der Waals surface area contributed by atoms with Crippen LogP contribution in [-0.2, 0) is 10.1 Å². The Morgan fingerprint density at radius 2 is 1.73 bits per heavy atom. The van der Waals surface area contributed by atoms with E-state index < -0.39 is 10.1 Å².